The van der Waals surface area contributed by atoms with E-state index in [1.807, 2.05) is 31.2 Å². The minimum absolute atomic E-state index is 0.379. The second-order valence-corrected chi connectivity index (χ2v) is 4.34. The van der Waals surface area contributed by atoms with Crippen LogP contribution in [0.4, 0.5) is 0 Å². The summed E-state index contributed by atoms with van der Waals surface area (Å²) in [5.41, 5.74) is 6.38. The molecule has 0 spiro atoms. The molecule has 0 heterocycles. The zero-order valence-corrected chi connectivity index (χ0v) is 12.1. The third-order valence-electron chi connectivity index (χ3n) is 2.40. The molecule has 4 nitrogen and oxygen atoms in total. The van der Waals surface area contributed by atoms with Crippen LogP contribution in [0.3, 0.4) is 0 Å². The van der Waals surface area contributed by atoms with Crippen molar-refractivity contribution in [1.29, 1.82) is 0 Å². The van der Waals surface area contributed by atoms with Crippen LogP contribution in [0.5, 0.6) is 5.75 Å². The molecule has 0 aliphatic heterocycles. The first kappa shape index (κ1) is 15.9. The molecule has 106 valence electrons. The Morgan fingerprint density at radius 3 is 2.68 bits per heavy atom. The molecule has 1 aromatic rings. The van der Waals surface area contributed by atoms with Crippen molar-refractivity contribution in [3.8, 4) is 5.75 Å². The van der Waals surface area contributed by atoms with Crippen molar-refractivity contribution in [1.82, 2.24) is 0 Å². The molecule has 0 aromatic heterocycles. The first-order valence-corrected chi connectivity index (χ1v) is 6.83. The highest BCUT2D eigenvalue weighted by Gasteiger charge is 1.99. The summed E-state index contributed by atoms with van der Waals surface area (Å²) in [6.07, 6.45) is 0.837. The lowest BCUT2D eigenvalue weighted by Crippen LogP contribution is -2.10. The predicted molar refractivity (Wildman–Crippen MR) is 79.8 cm³/mol. The van der Waals surface area contributed by atoms with Crippen molar-refractivity contribution in [2.45, 2.75) is 13.3 Å². The van der Waals surface area contributed by atoms with E-state index in [2.05, 4.69) is 0 Å². The van der Waals surface area contributed by atoms with Crippen molar-refractivity contribution >= 4 is 17.2 Å². The molecule has 2 N–H and O–H groups in total. The standard InChI is InChI=1S/C14H21NO3S/c1-2-16-9-10-17-7-4-8-18-13-6-3-5-12(11-13)14(15)19/h3,5-6,11H,2,4,7-10H2,1H3,(H2,15,19). The Balaban J connectivity index is 2.12. The summed E-state index contributed by atoms with van der Waals surface area (Å²) in [5, 5.41) is 0. The Morgan fingerprint density at radius 1 is 1.16 bits per heavy atom. The number of hydrogen-bond donors (Lipinski definition) is 1. The van der Waals surface area contributed by atoms with E-state index in [0.29, 0.717) is 31.4 Å². The average Bonchev–Trinajstić information content (AvgIpc) is 2.42. The summed E-state index contributed by atoms with van der Waals surface area (Å²) in [5.74, 6) is 0.777. The second-order valence-electron chi connectivity index (χ2n) is 3.90. The number of nitrogens with two attached hydrogens (primary N) is 1. The van der Waals surface area contributed by atoms with Crippen LogP contribution >= 0.6 is 12.2 Å². The maximum Gasteiger partial charge on any atom is 0.119 e. The van der Waals surface area contributed by atoms with Gasteiger partial charge in [0.05, 0.1) is 19.8 Å². The average molecular weight is 283 g/mol. The highest BCUT2D eigenvalue weighted by molar-refractivity contribution is 7.80. The fourth-order valence-electron chi connectivity index (χ4n) is 1.45. The maximum absolute atomic E-state index is 5.60. The maximum atomic E-state index is 5.60. The number of thiocarbonyl (C=S) groups is 1. The van der Waals surface area contributed by atoms with Crippen molar-refractivity contribution in [3.05, 3.63) is 29.8 Å². The molecule has 0 bridgehead atoms. The van der Waals surface area contributed by atoms with Gasteiger partial charge in [-0.05, 0) is 19.1 Å². The molecule has 0 aliphatic carbocycles. The van der Waals surface area contributed by atoms with Crippen LogP contribution < -0.4 is 10.5 Å². The summed E-state index contributed by atoms with van der Waals surface area (Å²) in [7, 11) is 0. The molecule has 5 heteroatoms. The zero-order chi connectivity index (χ0) is 13.9. The smallest absolute Gasteiger partial charge is 0.119 e. The molecule has 0 aliphatic rings. The quantitative estimate of drug-likeness (QED) is 0.527. The molecule has 0 unspecified atom stereocenters. The van der Waals surface area contributed by atoms with E-state index in [-0.39, 0.29) is 0 Å². The molecule has 0 saturated heterocycles. The van der Waals surface area contributed by atoms with Gasteiger partial charge in [-0.3, -0.25) is 0 Å². The predicted octanol–water partition coefficient (Wildman–Crippen LogP) is 2.14. The molecule has 0 atom stereocenters. The molecular formula is C14H21NO3S. The Kier molecular flexibility index (Phi) is 8.13. The molecule has 0 amide bonds. The Labute approximate surface area is 119 Å². The summed E-state index contributed by atoms with van der Waals surface area (Å²) in [4.78, 5) is 0.379. The van der Waals surface area contributed by atoms with Gasteiger partial charge in [0.2, 0.25) is 0 Å². The lowest BCUT2D eigenvalue weighted by Gasteiger charge is -2.08. The summed E-state index contributed by atoms with van der Waals surface area (Å²) >= 11 is 4.92. The first-order chi connectivity index (χ1) is 9.24. The molecule has 1 rings (SSSR count). The van der Waals surface area contributed by atoms with Crippen LogP contribution in [0.25, 0.3) is 0 Å². The van der Waals surface area contributed by atoms with Crippen molar-refractivity contribution in [2.75, 3.05) is 33.0 Å². The molecule has 19 heavy (non-hydrogen) atoms. The van der Waals surface area contributed by atoms with E-state index in [1.165, 1.54) is 0 Å². The van der Waals surface area contributed by atoms with Crippen molar-refractivity contribution < 1.29 is 14.2 Å². The van der Waals surface area contributed by atoms with Gasteiger partial charge in [0.1, 0.15) is 10.7 Å². The normalized spacial score (nSPS) is 10.4. The Morgan fingerprint density at radius 2 is 1.95 bits per heavy atom. The van der Waals surface area contributed by atoms with Gasteiger partial charge >= 0.3 is 0 Å². The van der Waals surface area contributed by atoms with Crippen LogP contribution in [-0.2, 0) is 9.47 Å². The van der Waals surface area contributed by atoms with Gasteiger partial charge in [0.15, 0.2) is 0 Å². The van der Waals surface area contributed by atoms with E-state index < -0.39 is 0 Å². The van der Waals surface area contributed by atoms with E-state index in [1.54, 1.807) is 0 Å². The lowest BCUT2D eigenvalue weighted by atomic mass is 10.2. The van der Waals surface area contributed by atoms with E-state index in [0.717, 1.165) is 24.3 Å². The highest BCUT2D eigenvalue weighted by atomic mass is 32.1. The zero-order valence-electron chi connectivity index (χ0n) is 11.3. The van der Waals surface area contributed by atoms with Crippen LogP contribution in [0.15, 0.2) is 24.3 Å². The van der Waals surface area contributed by atoms with Gasteiger partial charge in [0.25, 0.3) is 0 Å². The molecule has 0 saturated carbocycles. The molecule has 0 radical (unpaired) electrons. The van der Waals surface area contributed by atoms with Crippen molar-refractivity contribution in [3.63, 3.8) is 0 Å². The van der Waals surface area contributed by atoms with E-state index >= 15 is 0 Å². The molecular weight excluding hydrogens is 262 g/mol. The van der Waals surface area contributed by atoms with Crippen LogP contribution in [-0.4, -0.2) is 38.0 Å². The van der Waals surface area contributed by atoms with Gasteiger partial charge in [-0.1, -0.05) is 24.4 Å². The Hall–Kier alpha value is -1.17. The third kappa shape index (κ3) is 7.10. The number of rotatable bonds is 10. The monoisotopic (exact) mass is 283 g/mol. The van der Waals surface area contributed by atoms with Crippen molar-refractivity contribution in [2.24, 2.45) is 5.73 Å². The van der Waals surface area contributed by atoms with Crippen LogP contribution in [0.1, 0.15) is 18.9 Å². The van der Waals surface area contributed by atoms with Gasteiger partial charge in [-0.25, -0.2) is 0 Å². The summed E-state index contributed by atoms with van der Waals surface area (Å²) in [6, 6.07) is 7.48. The van der Waals surface area contributed by atoms with Gasteiger partial charge in [0, 0.05) is 25.2 Å². The van der Waals surface area contributed by atoms with Crippen LogP contribution in [0.2, 0.25) is 0 Å². The topological polar surface area (TPSA) is 53.7 Å². The second kappa shape index (κ2) is 9.72. The lowest BCUT2D eigenvalue weighted by molar-refractivity contribution is 0.0482. The molecule has 0 fully saturated rings. The minimum Gasteiger partial charge on any atom is -0.493 e. The SMILES string of the molecule is CCOCCOCCCOc1cccc(C(N)=S)c1. The summed E-state index contributed by atoms with van der Waals surface area (Å²) < 4.78 is 16.2. The Bertz CT molecular complexity index is 385. The number of benzene rings is 1. The van der Waals surface area contributed by atoms with E-state index in [4.69, 9.17) is 32.2 Å². The number of hydrogen-bond acceptors (Lipinski definition) is 4. The van der Waals surface area contributed by atoms with E-state index in [9.17, 15) is 0 Å². The summed E-state index contributed by atoms with van der Waals surface area (Å²) in [6.45, 7) is 5.25. The van der Waals surface area contributed by atoms with Crippen LogP contribution in [0, 0.1) is 0 Å². The largest absolute Gasteiger partial charge is 0.493 e. The molecule has 1 aromatic carbocycles. The first-order valence-electron chi connectivity index (χ1n) is 6.42. The van der Waals surface area contributed by atoms with Gasteiger partial charge in [-0.15, -0.1) is 0 Å². The number of ether oxygens (including phenoxy) is 3. The van der Waals surface area contributed by atoms with Gasteiger partial charge < -0.3 is 19.9 Å². The fraction of sp³-hybridized carbons (Fsp3) is 0.500. The highest BCUT2D eigenvalue weighted by Crippen LogP contribution is 2.13. The fourth-order valence-corrected chi connectivity index (χ4v) is 1.58. The minimum atomic E-state index is 0.379. The third-order valence-corrected chi connectivity index (χ3v) is 2.63. The van der Waals surface area contributed by atoms with Gasteiger partial charge in [-0.2, -0.15) is 0 Å².